The van der Waals surface area contributed by atoms with E-state index in [1.165, 1.54) is 17.7 Å². The fraction of sp³-hybridized carbons (Fsp3) is 0.765. The number of aromatic nitrogens is 1. The van der Waals surface area contributed by atoms with Crippen molar-refractivity contribution in [3.05, 3.63) is 16.1 Å². The van der Waals surface area contributed by atoms with Gasteiger partial charge in [-0.2, -0.15) is 0 Å². The van der Waals surface area contributed by atoms with Gasteiger partial charge in [0, 0.05) is 50.6 Å². The minimum absolute atomic E-state index is 0.309. The highest BCUT2D eigenvalue weighted by Crippen LogP contribution is 2.28. The first kappa shape index (κ1) is 16.9. The molecule has 5 nitrogen and oxygen atoms in total. The second-order valence-corrected chi connectivity index (χ2v) is 7.68. The van der Waals surface area contributed by atoms with Gasteiger partial charge in [0.25, 0.3) is 0 Å². The van der Waals surface area contributed by atoms with Crippen LogP contribution in [0.1, 0.15) is 29.8 Å². The summed E-state index contributed by atoms with van der Waals surface area (Å²) in [5.74, 6) is 0.933. The summed E-state index contributed by atoms with van der Waals surface area (Å²) < 4.78 is 5.23. The van der Waals surface area contributed by atoms with Gasteiger partial charge < -0.3 is 9.64 Å². The topological polar surface area (TPSA) is 45.7 Å². The lowest BCUT2D eigenvalue weighted by molar-refractivity contribution is -0.131. The zero-order chi connectivity index (χ0) is 16.2. The third kappa shape index (κ3) is 4.11. The van der Waals surface area contributed by atoms with E-state index < -0.39 is 0 Å². The molecule has 0 aliphatic carbocycles. The molecule has 0 saturated carbocycles. The van der Waals surface area contributed by atoms with Gasteiger partial charge in [-0.1, -0.05) is 0 Å². The van der Waals surface area contributed by atoms with Gasteiger partial charge in [-0.15, -0.1) is 11.3 Å². The minimum Gasteiger partial charge on any atom is -0.383 e. The van der Waals surface area contributed by atoms with Gasteiger partial charge in [0.1, 0.15) is 0 Å². The summed E-state index contributed by atoms with van der Waals surface area (Å²) in [5.41, 5.74) is 2.94. The number of ether oxygens (including phenoxy) is 1. The van der Waals surface area contributed by atoms with Gasteiger partial charge in [0.15, 0.2) is 0 Å². The van der Waals surface area contributed by atoms with Crippen LogP contribution in [0.15, 0.2) is 5.51 Å². The van der Waals surface area contributed by atoms with Crippen molar-refractivity contribution in [3.63, 3.8) is 0 Å². The van der Waals surface area contributed by atoms with Crippen molar-refractivity contribution >= 4 is 17.2 Å². The quantitative estimate of drug-likeness (QED) is 0.796. The molecule has 0 spiro atoms. The van der Waals surface area contributed by atoms with Gasteiger partial charge in [-0.3, -0.25) is 9.69 Å². The van der Waals surface area contributed by atoms with Crippen LogP contribution in [0.25, 0.3) is 0 Å². The third-order valence-electron chi connectivity index (χ3n) is 5.17. The van der Waals surface area contributed by atoms with Crippen LogP contribution < -0.4 is 0 Å². The van der Waals surface area contributed by atoms with Crippen LogP contribution in [0.5, 0.6) is 0 Å². The maximum atomic E-state index is 12.7. The average molecular weight is 337 g/mol. The summed E-state index contributed by atoms with van der Waals surface area (Å²) in [5, 5.41) is 0. The summed E-state index contributed by atoms with van der Waals surface area (Å²) in [4.78, 5) is 22.8. The molecule has 1 aromatic rings. The van der Waals surface area contributed by atoms with Crippen LogP contribution in [0.3, 0.4) is 0 Å². The highest BCUT2D eigenvalue weighted by molar-refractivity contribution is 7.09. The number of carbonyl (C=O) groups is 1. The first-order valence-electron chi connectivity index (χ1n) is 8.57. The van der Waals surface area contributed by atoms with Crippen LogP contribution in [0.2, 0.25) is 0 Å². The van der Waals surface area contributed by atoms with Gasteiger partial charge >= 0.3 is 0 Å². The van der Waals surface area contributed by atoms with Crippen molar-refractivity contribution in [2.45, 2.75) is 38.6 Å². The van der Waals surface area contributed by atoms with Gasteiger partial charge in [-0.05, 0) is 32.1 Å². The zero-order valence-electron chi connectivity index (χ0n) is 14.2. The molecular formula is C17H27N3O2S. The van der Waals surface area contributed by atoms with Crippen LogP contribution >= 0.6 is 11.3 Å². The van der Waals surface area contributed by atoms with E-state index in [0.29, 0.717) is 24.3 Å². The molecule has 0 radical (unpaired) electrons. The Hall–Kier alpha value is -0.980. The fourth-order valence-electron chi connectivity index (χ4n) is 3.81. The third-order valence-corrected chi connectivity index (χ3v) is 6.17. The Balaban J connectivity index is 1.56. The Morgan fingerprint density at radius 1 is 1.39 bits per heavy atom. The van der Waals surface area contributed by atoms with Gasteiger partial charge in [-0.25, -0.2) is 4.98 Å². The molecule has 4 heterocycles. The molecule has 23 heavy (non-hydrogen) atoms. The zero-order valence-corrected chi connectivity index (χ0v) is 15.0. The molecule has 1 aromatic heterocycles. The number of aryl methyl sites for hydroxylation is 2. The van der Waals surface area contributed by atoms with Crippen molar-refractivity contribution in [2.24, 2.45) is 5.92 Å². The Bertz CT molecular complexity index is 534. The number of nitrogens with zero attached hydrogens (tertiary/aromatic N) is 3. The average Bonchev–Trinajstić information content (AvgIpc) is 2.76. The number of fused-ring (bicyclic) bond motifs is 4. The molecule has 6 heteroatoms. The largest absolute Gasteiger partial charge is 0.383 e. The molecule has 2 bridgehead atoms. The summed E-state index contributed by atoms with van der Waals surface area (Å²) in [6.45, 7) is 6.73. The van der Waals surface area contributed by atoms with Crippen LogP contribution in [0.4, 0.5) is 0 Å². The number of thiazole rings is 1. The van der Waals surface area contributed by atoms with E-state index in [1.807, 2.05) is 12.4 Å². The highest BCUT2D eigenvalue weighted by atomic mass is 32.1. The first-order valence-corrected chi connectivity index (χ1v) is 9.45. The molecule has 0 N–H and O–H groups in total. The van der Waals surface area contributed by atoms with Crippen molar-refractivity contribution in [3.8, 4) is 0 Å². The smallest absolute Gasteiger partial charge is 0.222 e. The Morgan fingerprint density at radius 3 is 3.00 bits per heavy atom. The number of hydrogen-bond acceptors (Lipinski definition) is 5. The van der Waals surface area contributed by atoms with E-state index in [9.17, 15) is 4.79 Å². The molecule has 0 unspecified atom stereocenters. The predicted octanol–water partition coefficient (Wildman–Crippen LogP) is 1.95. The summed E-state index contributed by atoms with van der Waals surface area (Å²) >= 11 is 1.66. The van der Waals surface area contributed by atoms with Gasteiger partial charge in [0.2, 0.25) is 5.91 Å². The molecule has 4 rings (SSSR count). The van der Waals surface area contributed by atoms with E-state index in [4.69, 9.17) is 4.74 Å². The standard InChI is InChI=1S/C17H27N3O2S/c1-13-16(23-12-18-13)5-6-17(21)20-10-14-3-4-15(11-20)19(9-14)7-8-22-2/h12,14-15H,3-11H2,1-2H3/t14-,15-/m1/s1. The molecule has 128 valence electrons. The van der Waals surface area contributed by atoms with Crippen LogP contribution in [0, 0.1) is 12.8 Å². The van der Waals surface area contributed by atoms with E-state index in [-0.39, 0.29) is 0 Å². The second kappa shape index (κ2) is 7.73. The molecule has 3 fully saturated rings. The molecular weight excluding hydrogens is 310 g/mol. The van der Waals surface area contributed by atoms with Crippen molar-refractivity contribution in [1.82, 2.24) is 14.8 Å². The van der Waals surface area contributed by atoms with E-state index in [1.54, 1.807) is 18.4 Å². The number of piperidine rings is 1. The van der Waals surface area contributed by atoms with Crippen LogP contribution in [-0.4, -0.2) is 66.6 Å². The normalized spacial score (nSPS) is 24.9. The fourth-order valence-corrected chi connectivity index (χ4v) is 4.59. The minimum atomic E-state index is 0.309. The summed E-state index contributed by atoms with van der Waals surface area (Å²) in [6.07, 6.45) is 3.91. The predicted molar refractivity (Wildman–Crippen MR) is 91.7 cm³/mol. The number of carbonyl (C=O) groups excluding carboxylic acids is 1. The van der Waals surface area contributed by atoms with Gasteiger partial charge in [0.05, 0.1) is 17.8 Å². The Morgan fingerprint density at radius 2 is 2.26 bits per heavy atom. The van der Waals surface area contributed by atoms with E-state index in [0.717, 1.165) is 44.9 Å². The first-order chi connectivity index (χ1) is 11.2. The van der Waals surface area contributed by atoms with E-state index in [2.05, 4.69) is 14.8 Å². The second-order valence-electron chi connectivity index (χ2n) is 6.74. The van der Waals surface area contributed by atoms with Crippen LogP contribution in [-0.2, 0) is 16.0 Å². The molecule has 3 aliphatic heterocycles. The van der Waals surface area contributed by atoms with Crippen molar-refractivity contribution in [2.75, 3.05) is 39.9 Å². The Kier molecular flexibility index (Phi) is 5.67. The summed E-state index contributed by atoms with van der Waals surface area (Å²) in [7, 11) is 1.76. The molecule has 1 amide bonds. The number of methoxy groups -OCH3 is 1. The molecule has 0 aromatic carbocycles. The highest BCUT2D eigenvalue weighted by Gasteiger charge is 2.35. The maximum Gasteiger partial charge on any atom is 0.222 e. The lowest BCUT2D eigenvalue weighted by Gasteiger charge is -2.35. The maximum absolute atomic E-state index is 12.7. The van der Waals surface area contributed by atoms with Crippen molar-refractivity contribution < 1.29 is 9.53 Å². The lowest BCUT2D eigenvalue weighted by atomic mass is 9.95. The van der Waals surface area contributed by atoms with E-state index >= 15 is 0 Å². The molecule has 2 atom stereocenters. The lowest BCUT2D eigenvalue weighted by Crippen LogP contribution is -2.45. The number of rotatable bonds is 6. The monoisotopic (exact) mass is 337 g/mol. The van der Waals surface area contributed by atoms with Crippen molar-refractivity contribution in [1.29, 1.82) is 0 Å². The number of amides is 1. The SMILES string of the molecule is COCCN1C[C@H]2CC[C@@H]1CN(C(=O)CCc1scnc1C)C2. The molecule has 3 aliphatic rings. The molecule has 3 saturated heterocycles. The summed E-state index contributed by atoms with van der Waals surface area (Å²) in [6, 6.07) is 0.512. The Labute approximate surface area is 142 Å². The number of hydrogen-bond donors (Lipinski definition) is 0.